The number of esters is 2. The molecule has 2 saturated carbocycles. The Bertz CT molecular complexity index is 872. The number of carbonyl (C=O) groups is 2. The van der Waals surface area contributed by atoms with Gasteiger partial charge in [0.1, 0.15) is 5.75 Å². The first-order valence-electron chi connectivity index (χ1n) is 15.0. The molecule has 3 rings (SSSR count). The summed E-state index contributed by atoms with van der Waals surface area (Å²) >= 11 is 0. The lowest BCUT2D eigenvalue weighted by Gasteiger charge is -2.37. The van der Waals surface area contributed by atoms with E-state index in [4.69, 9.17) is 9.47 Å². The fourth-order valence-electron chi connectivity index (χ4n) is 6.45. The van der Waals surface area contributed by atoms with Gasteiger partial charge in [-0.15, -0.1) is 0 Å². The average molecular weight is 511 g/mol. The van der Waals surface area contributed by atoms with Crippen LogP contribution in [0.3, 0.4) is 0 Å². The van der Waals surface area contributed by atoms with Crippen LogP contribution in [0, 0.1) is 30.6 Å². The lowest BCUT2D eigenvalue weighted by molar-refractivity contribution is -0.140. The highest BCUT2D eigenvalue weighted by Crippen LogP contribution is 2.42. The number of hydrogen-bond donors (Lipinski definition) is 0. The highest BCUT2D eigenvalue weighted by atomic mass is 16.5. The maximum atomic E-state index is 12.9. The molecule has 0 aromatic heterocycles. The van der Waals surface area contributed by atoms with Crippen molar-refractivity contribution in [2.45, 2.75) is 117 Å². The molecule has 2 aliphatic rings. The zero-order valence-corrected chi connectivity index (χ0v) is 23.7. The van der Waals surface area contributed by atoms with Gasteiger partial charge in [-0.1, -0.05) is 58.1 Å². The van der Waals surface area contributed by atoms with Gasteiger partial charge >= 0.3 is 11.9 Å². The molecule has 0 amide bonds. The summed E-state index contributed by atoms with van der Waals surface area (Å²) in [6.07, 6.45) is 17.9. The van der Waals surface area contributed by atoms with E-state index in [1.165, 1.54) is 62.5 Å². The highest BCUT2D eigenvalue weighted by molar-refractivity contribution is 5.86. The van der Waals surface area contributed by atoms with Gasteiger partial charge in [-0.05, 0) is 113 Å². The van der Waals surface area contributed by atoms with Crippen LogP contribution in [0.25, 0.3) is 0 Å². The zero-order valence-electron chi connectivity index (χ0n) is 23.7. The standard InChI is InChI=1S/C33H50O4/c1-5-10-26-12-14-28(15-13-26)29-16-18-30(19-17-29)33(35)37-31-21-20-27(25(4)23-31)11-8-6-7-9-22-36-32(34)24(2)3/h20-21,23,26,28-30H,2,5-19,22H2,1,3-4H3. The molecule has 4 nitrogen and oxygen atoms in total. The van der Waals surface area contributed by atoms with Crippen LogP contribution in [0.15, 0.2) is 30.4 Å². The van der Waals surface area contributed by atoms with Gasteiger partial charge in [-0.2, -0.15) is 0 Å². The molecule has 206 valence electrons. The number of rotatable bonds is 13. The molecule has 37 heavy (non-hydrogen) atoms. The van der Waals surface area contributed by atoms with Crippen molar-refractivity contribution in [2.75, 3.05) is 6.61 Å². The average Bonchev–Trinajstić information content (AvgIpc) is 2.89. The van der Waals surface area contributed by atoms with E-state index in [0.29, 0.717) is 17.9 Å². The Morgan fingerprint density at radius 2 is 1.57 bits per heavy atom. The van der Waals surface area contributed by atoms with Crippen LogP contribution in [0.1, 0.15) is 115 Å². The van der Waals surface area contributed by atoms with E-state index in [9.17, 15) is 9.59 Å². The van der Waals surface area contributed by atoms with Crippen molar-refractivity contribution in [3.05, 3.63) is 41.5 Å². The van der Waals surface area contributed by atoms with Crippen molar-refractivity contribution < 1.29 is 19.1 Å². The Morgan fingerprint density at radius 1 is 0.919 bits per heavy atom. The van der Waals surface area contributed by atoms with Gasteiger partial charge in [0.15, 0.2) is 0 Å². The maximum Gasteiger partial charge on any atom is 0.333 e. The summed E-state index contributed by atoms with van der Waals surface area (Å²) in [5.41, 5.74) is 2.94. The van der Waals surface area contributed by atoms with Gasteiger partial charge in [0.05, 0.1) is 12.5 Å². The Hall–Kier alpha value is -2.10. The fraction of sp³-hybridized carbons (Fsp3) is 0.697. The van der Waals surface area contributed by atoms with Crippen molar-refractivity contribution in [1.29, 1.82) is 0 Å². The Kier molecular flexibility index (Phi) is 12.2. The Labute approximate surface area is 225 Å². The van der Waals surface area contributed by atoms with Gasteiger partial charge in [0.2, 0.25) is 0 Å². The van der Waals surface area contributed by atoms with Crippen molar-refractivity contribution >= 4 is 11.9 Å². The second kappa shape index (κ2) is 15.3. The van der Waals surface area contributed by atoms with Crippen molar-refractivity contribution in [3.63, 3.8) is 0 Å². The van der Waals surface area contributed by atoms with E-state index in [-0.39, 0.29) is 17.9 Å². The van der Waals surface area contributed by atoms with Crippen molar-refractivity contribution in [2.24, 2.45) is 23.7 Å². The normalized spacial score (nSPS) is 23.9. The molecular formula is C33H50O4. The van der Waals surface area contributed by atoms with Gasteiger partial charge in [-0.3, -0.25) is 4.79 Å². The quantitative estimate of drug-likeness (QED) is 0.115. The van der Waals surface area contributed by atoms with E-state index in [0.717, 1.165) is 62.7 Å². The van der Waals surface area contributed by atoms with Crippen LogP contribution >= 0.6 is 0 Å². The van der Waals surface area contributed by atoms with Crippen LogP contribution in [-0.4, -0.2) is 18.5 Å². The minimum absolute atomic E-state index is 0.0374. The van der Waals surface area contributed by atoms with Gasteiger partial charge < -0.3 is 9.47 Å². The number of ether oxygens (including phenoxy) is 2. The monoisotopic (exact) mass is 510 g/mol. The summed E-state index contributed by atoms with van der Waals surface area (Å²) in [6, 6.07) is 6.08. The van der Waals surface area contributed by atoms with Gasteiger partial charge in [0, 0.05) is 5.57 Å². The molecular weight excluding hydrogens is 460 g/mol. The lowest BCUT2D eigenvalue weighted by atomic mass is 9.69. The van der Waals surface area contributed by atoms with E-state index < -0.39 is 0 Å². The van der Waals surface area contributed by atoms with Crippen LogP contribution < -0.4 is 4.74 Å². The first kappa shape index (κ1) is 29.5. The molecule has 0 atom stereocenters. The molecule has 0 N–H and O–H groups in total. The smallest absolute Gasteiger partial charge is 0.333 e. The molecule has 4 heteroatoms. The molecule has 0 spiro atoms. The fourth-order valence-corrected chi connectivity index (χ4v) is 6.45. The minimum Gasteiger partial charge on any atom is -0.462 e. The second-order valence-electron chi connectivity index (χ2n) is 11.8. The predicted octanol–water partition coefficient (Wildman–Crippen LogP) is 8.54. The third-order valence-corrected chi connectivity index (χ3v) is 8.81. The summed E-state index contributed by atoms with van der Waals surface area (Å²) in [7, 11) is 0. The van der Waals surface area contributed by atoms with E-state index in [2.05, 4.69) is 26.5 Å². The number of unbranched alkanes of at least 4 members (excludes halogenated alkanes) is 3. The Morgan fingerprint density at radius 3 is 2.19 bits per heavy atom. The van der Waals surface area contributed by atoms with Crippen LogP contribution in [0.4, 0.5) is 0 Å². The van der Waals surface area contributed by atoms with E-state index >= 15 is 0 Å². The first-order valence-corrected chi connectivity index (χ1v) is 15.0. The largest absolute Gasteiger partial charge is 0.462 e. The first-order chi connectivity index (χ1) is 17.9. The number of benzene rings is 1. The zero-order chi connectivity index (χ0) is 26.6. The molecule has 0 aliphatic heterocycles. The number of hydrogen-bond acceptors (Lipinski definition) is 4. The molecule has 1 aromatic carbocycles. The summed E-state index contributed by atoms with van der Waals surface area (Å²) in [5, 5.41) is 0. The summed E-state index contributed by atoms with van der Waals surface area (Å²) in [6.45, 7) is 10.1. The van der Waals surface area contributed by atoms with Crippen LogP contribution in [-0.2, 0) is 20.7 Å². The van der Waals surface area contributed by atoms with E-state index in [1.807, 2.05) is 12.1 Å². The molecule has 2 aliphatic carbocycles. The van der Waals surface area contributed by atoms with Crippen LogP contribution in [0.5, 0.6) is 5.75 Å². The minimum atomic E-state index is -0.302. The van der Waals surface area contributed by atoms with Gasteiger partial charge in [-0.25, -0.2) is 4.79 Å². The molecule has 0 saturated heterocycles. The number of aryl methyl sites for hydroxylation is 2. The maximum absolute atomic E-state index is 12.9. The lowest BCUT2D eigenvalue weighted by Crippen LogP contribution is -2.30. The Balaban J connectivity index is 1.33. The van der Waals surface area contributed by atoms with Crippen molar-refractivity contribution in [1.82, 2.24) is 0 Å². The van der Waals surface area contributed by atoms with Crippen LogP contribution in [0.2, 0.25) is 0 Å². The molecule has 2 fully saturated rings. The molecule has 0 unspecified atom stereocenters. The predicted molar refractivity (Wildman–Crippen MR) is 151 cm³/mol. The second-order valence-corrected chi connectivity index (χ2v) is 11.8. The third kappa shape index (κ3) is 9.61. The third-order valence-electron chi connectivity index (χ3n) is 8.81. The summed E-state index contributed by atoms with van der Waals surface area (Å²) in [4.78, 5) is 24.3. The SMILES string of the molecule is C=C(C)C(=O)OCCCCCCc1ccc(OC(=O)C2CCC(C3CCC(CCC)CC3)CC2)cc1C. The topological polar surface area (TPSA) is 52.6 Å². The summed E-state index contributed by atoms with van der Waals surface area (Å²) in [5.74, 6) is 3.07. The molecule has 0 bridgehead atoms. The van der Waals surface area contributed by atoms with Crippen molar-refractivity contribution in [3.8, 4) is 5.75 Å². The number of carbonyl (C=O) groups excluding carboxylic acids is 2. The molecule has 0 heterocycles. The summed E-state index contributed by atoms with van der Waals surface area (Å²) < 4.78 is 11.0. The molecule has 1 aromatic rings. The van der Waals surface area contributed by atoms with E-state index in [1.54, 1.807) is 6.92 Å². The van der Waals surface area contributed by atoms with Gasteiger partial charge in [0.25, 0.3) is 0 Å². The molecule has 0 radical (unpaired) electrons. The highest BCUT2D eigenvalue weighted by Gasteiger charge is 2.33.